The van der Waals surface area contributed by atoms with Crippen molar-refractivity contribution in [2.24, 2.45) is 5.73 Å². The molecule has 0 aliphatic carbocycles. The van der Waals surface area contributed by atoms with Gasteiger partial charge in [0, 0.05) is 0 Å². The number of hydrogen-bond acceptors (Lipinski definition) is 4. The first-order chi connectivity index (χ1) is 10.9. The van der Waals surface area contributed by atoms with E-state index >= 15 is 0 Å². The van der Waals surface area contributed by atoms with Gasteiger partial charge in [0.1, 0.15) is 24.4 Å². The van der Waals surface area contributed by atoms with Gasteiger partial charge in [-0.15, -0.1) is 12.4 Å². The summed E-state index contributed by atoms with van der Waals surface area (Å²) < 4.78 is 11.0. The number of rotatable bonds is 6. The van der Waals surface area contributed by atoms with Crippen LogP contribution in [-0.4, -0.2) is 19.1 Å². The van der Waals surface area contributed by atoms with Crippen molar-refractivity contribution in [3.05, 3.63) is 53.5 Å². The number of ether oxygens (including phenoxy) is 1. The maximum absolute atomic E-state index is 11.9. The van der Waals surface area contributed by atoms with E-state index in [2.05, 4.69) is 32.2 Å². The lowest BCUT2D eigenvalue weighted by atomic mass is 9.86. The fourth-order valence-electron chi connectivity index (χ4n) is 2.25. The fraction of sp³-hybridized carbons (Fsp3) is 0.389. The zero-order chi connectivity index (χ0) is 16.9. The summed E-state index contributed by atoms with van der Waals surface area (Å²) in [7, 11) is 0. The van der Waals surface area contributed by atoms with Crippen molar-refractivity contribution in [1.82, 2.24) is 5.32 Å². The van der Waals surface area contributed by atoms with Crippen LogP contribution in [0.1, 0.15) is 42.5 Å². The molecule has 6 heteroatoms. The van der Waals surface area contributed by atoms with Crippen LogP contribution in [-0.2, 0) is 12.0 Å². The molecule has 24 heavy (non-hydrogen) atoms. The molecule has 1 aromatic carbocycles. The fourth-order valence-corrected chi connectivity index (χ4v) is 2.25. The lowest BCUT2D eigenvalue weighted by Gasteiger charge is -2.22. The maximum atomic E-state index is 11.9. The number of halogens is 1. The molecule has 132 valence electrons. The second-order valence-electron chi connectivity index (χ2n) is 6.36. The Bertz CT molecular complexity index is 662. The number of furan rings is 1. The molecule has 5 nitrogen and oxygen atoms in total. The third kappa shape index (κ3) is 5.28. The molecule has 1 heterocycles. The number of nitrogens with one attached hydrogen (secondary N) is 1. The van der Waals surface area contributed by atoms with Gasteiger partial charge in [0.2, 0.25) is 0 Å². The molecule has 0 atom stereocenters. The van der Waals surface area contributed by atoms with Crippen LogP contribution in [0.5, 0.6) is 5.75 Å². The Morgan fingerprint density at radius 1 is 1.29 bits per heavy atom. The highest BCUT2D eigenvalue weighted by molar-refractivity contribution is 5.93. The zero-order valence-electron chi connectivity index (χ0n) is 14.3. The van der Waals surface area contributed by atoms with E-state index in [-0.39, 0.29) is 30.3 Å². The van der Waals surface area contributed by atoms with Crippen LogP contribution in [0.3, 0.4) is 0 Å². The summed E-state index contributed by atoms with van der Waals surface area (Å²) in [6.45, 7) is 7.53. The Morgan fingerprint density at radius 2 is 2.00 bits per heavy atom. The van der Waals surface area contributed by atoms with Gasteiger partial charge in [0.05, 0.1) is 18.7 Å². The molecule has 2 rings (SSSR count). The first-order valence-corrected chi connectivity index (χ1v) is 7.70. The Balaban J connectivity index is 0.00000288. The standard InChI is InChI=1S/C18H24N2O3.ClH/c1-18(2,3)15-6-4-5-7-16(15)22-9-8-20-17(21)13-10-14(11-19)23-12-13;/h4-7,10,12H,8-9,11,19H2,1-3H3,(H,20,21);1H. The highest BCUT2D eigenvalue weighted by Gasteiger charge is 2.18. The van der Waals surface area contributed by atoms with Gasteiger partial charge in [-0.2, -0.15) is 0 Å². The normalized spacial score (nSPS) is 10.8. The highest BCUT2D eigenvalue weighted by Crippen LogP contribution is 2.30. The number of carbonyl (C=O) groups excluding carboxylic acids is 1. The second kappa shape index (κ2) is 8.76. The number of para-hydroxylation sites is 1. The van der Waals surface area contributed by atoms with Crippen LogP contribution in [0, 0.1) is 0 Å². The molecule has 0 saturated carbocycles. The van der Waals surface area contributed by atoms with Crippen molar-refractivity contribution in [2.45, 2.75) is 32.7 Å². The lowest BCUT2D eigenvalue weighted by Crippen LogP contribution is -2.28. The Kier molecular flexibility index (Phi) is 7.32. The number of benzene rings is 1. The number of carbonyl (C=O) groups is 1. The summed E-state index contributed by atoms with van der Waals surface area (Å²) in [4.78, 5) is 11.9. The monoisotopic (exact) mass is 352 g/mol. The molecule has 1 aromatic heterocycles. The molecule has 3 N–H and O–H groups in total. The summed E-state index contributed by atoms with van der Waals surface area (Å²) in [5.74, 6) is 1.25. The van der Waals surface area contributed by atoms with Crippen LogP contribution < -0.4 is 15.8 Å². The van der Waals surface area contributed by atoms with E-state index in [0.717, 1.165) is 11.3 Å². The van der Waals surface area contributed by atoms with Gasteiger partial charge in [-0.1, -0.05) is 39.0 Å². The summed E-state index contributed by atoms with van der Waals surface area (Å²) in [6.07, 6.45) is 1.41. The molecule has 0 aliphatic rings. The topological polar surface area (TPSA) is 77.5 Å². The third-order valence-corrected chi connectivity index (χ3v) is 3.46. The van der Waals surface area contributed by atoms with Gasteiger partial charge < -0.3 is 20.2 Å². The molecule has 1 amide bonds. The van der Waals surface area contributed by atoms with E-state index in [1.807, 2.05) is 18.2 Å². The Hall–Kier alpha value is -1.98. The van der Waals surface area contributed by atoms with E-state index in [0.29, 0.717) is 24.5 Å². The first-order valence-electron chi connectivity index (χ1n) is 7.70. The minimum absolute atomic E-state index is 0. The number of hydrogen-bond donors (Lipinski definition) is 2. The van der Waals surface area contributed by atoms with Crippen molar-refractivity contribution in [3.8, 4) is 5.75 Å². The highest BCUT2D eigenvalue weighted by atomic mass is 35.5. The van der Waals surface area contributed by atoms with E-state index in [1.165, 1.54) is 6.26 Å². The van der Waals surface area contributed by atoms with Gasteiger partial charge in [-0.05, 0) is 23.1 Å². The molecule has 0 unspecified atom stereocenters. The van der Waals surface area contributed by atoms with Crippen LogP contribution in [0.15, 0.2) is 41.0 Å². The summed E-state index contributed by atoms with van der Waals surface area (Å²) in [5, 5.41) is 2.80. The number of amides is 1. The van der Waals surface area contributed by atoms with E-state index in [4.69, 9.17) is 14.9 Å². The smallest absolute Gasteiger partial charge is 0.254 e. The van der Waals surface area contributed by atoms with Crippen molar-refractivity contribution >= 4 is 18.3 Å². The predicted molar refractivity (Wildman–Crippen MR) is 96.8 cm³/mol. The molecule has 0 fully saturated rings. The van der Waals surface area contributed by atoms with Crippen LogP contribution >= 0.6 is 12.4 Å². The van der Waals surface area contributed by atoms with E-state index in [9.17, 15) is 4.79 Å². The van der Waals surface area contributed by atoms with Crippen molar-refractivity contribution in [2.75, 3.05) is 13.2 Å². The Morgan fingerprint density at radius 3 is 2.62 bits per heavy atom. The molecule has 0 saturated heterocycles. The number of nitrogens with two attached hydrogens (primary N) is 1. The lowest BCUT2D eigenvalue weighted by molar-refractivity contribution is 0.0946. The van der Waals surface area contributed by atoms with Crippen LogP contribution in [0.4, 0.5) is 0 Å². The van der Waals surface area contributed by atoms with E-state index < -0.39 is 0 Å². The van der Waals surface area contributed by atoms with Crippen molar-refractivity contribution in [1.29, 1.82) is 0 Å². The molecule has 0 spiro atoms. The van der Waals surface area contributed by atoms with Crippen LogP contribution in [0.25, 0.3) is 0 Å². The molecule has 2 aromatic rings. The molecular formula is C18H25ClN2O3. The largest absolute Gasteiger partial charge is 0.491 e. The van der Waals surface area contributed by atoms with Gasteiger partial charge in [-0.3, -0.25) is 4.79 Å². The van der Waals surface area contributed by atoms with Gasteiger partial charge >= 0.3 is 0 Å². The predicted octanol–water partition coefficient (Wildman–Crippen LogP) is 3.27. The zero-order valence-corrected chi connectivity index (χ0v) is 15.1. The van der Waals surface area contributed by atoms with Crippen molar-refractivity contribution < 1.29 is 13.9 Å². The average molecular weight is 353 g/mol. The second-order valence-corrected chi connectivity index (χ2v) is 6.36. The summed E-state index contributed by atoms with van der Waals surface area (Å²) in [6, 6.07) is 9.61. The van der Waals surface area contributed by atoms with Crippen molar-refractivity contribution in [3.63, 3.8) is 0 Å². The summed E-state index contributed by atoms with van der Waals surface area (Å²) >= 11 is 0. The minimum atomic E-state index is -0.193. The SMILES string of the molecule is CC(C)(C)c1ccccc1OCCNC(=O)c1coc(CN)c1.Cl. The van der Waals surface area contributed by atoms with Crippen LogP contribution in [0.2, 0.25) is 0 Å². The molecule has 0 aliphatic heterocycles. The van der Waals surface area contributed by atoms with Gasteiger partial charge in [-0.25, -0.2) is 0 Å². The van der Waals surface area contributed by atoms with E-state index in [1.54, 1.807) is 6.07 Å². The Labute approximate surface area is 149 Å². The summed E-state index contributed by atoms with van der Waals surface area (Å²) in [5.41, 5.74) is 7.08. The molecule has 0 bridgehead atoms. The average Bonchev–Trinajstić information content (AvgIpc) is 3.00. The quantitative estimate of drug-likeness (QED) is 0.782. The van der Waals surface area contributed by atoms with Gasteiger partial charge in [0.25, 0.3) is 5.91 Å². The minimum Gasteiger partial charge on any atom is -0.491 e. The first kappa shape index (κ1) is 20.1. The maximum Gasteiger partial charge on any atom is 0.254 e. The molecule has 0 radical (unpaired) electrons. The van der Waals surface area contributed by atoms with Gasteiger partial charge in [0.15, 0.2) is 0 Å². The third-order valence-electron chi connectivity index (χ3n) is 3.46. The molecular weight excluding hydrogens is 328 g/mol.